The molecule has 0 saturated carbocycles. The van der Waals surface area contributed by atoms with Gasteiger partial charge in [-0.2, -0.15) is 0 Å². The van der Waals surface area contributed by atoms with E-state index in [9.17, 15) is 9.59 Å². The number of amides is 2. The van der Waals surface area contributed by atoms with Crippen LogP contribution in [-0.4, -0.2) is 78.9 Å². The lowest BCUT2D eigenvalue weighted by molar-refractivity contribution is 0.0856. The van der Waals surface area contributed by atoms with Crippen LogP contribution in [0, 0.1) is 6.92 Å². The van der Waals surface area contributed by atoms with E-state index >= 15 is 0 Å². The minimum Gasteiger partial charge on any atom is -0.450 e. The number of ether oxygens (including phenoxy) is 2. The Hall–Kier alpha value is -2.42. The van der Waals surface area contributed by atoms with Crippen molar-refractivity contribution in [3.63, 3.8) is 0 Å². The molecule has 1 N–H and O–H groups in total. The van der Waals surface area contributed by atoms with Gasteiger partial charge < -0.3 is 24.6 Å². The van der Waals surface area contributed by atoms with Crippen molar-refractivity contribution in [2.75, 3.05) is 50.9 Å². The van der Waals surface area contributed by atoms with E-state index in [2.05, 4.69) is 15.3 Å². The third kappa shape index (κ3) is 5.06. The van der Waals surface area contributed by atoms with Gasteiger partial charge in [0.15, 0.2) is 0 Å². The number of anilines is 1. The maximum atomic E-state index is 12.7. The maximum absolute atomic E-state index is 12.7. The van der Waals surface area contributed by atoms with Gasteiger partial charge >= 0.3 is 6.09 Å². The molecule has 148 valence electrons. The molecule has 27 heavy (non-hydrogen) atoms. The number of carbonyl (C=O) groups excluding carboxylic acids is 2. The van der Waals surface area contributed by atoms with Crippen LogP contribution in [0.4, 0.5) is 10.7 Å². The Balaban J connectivity index is 1.58. The fraction of sp³-hybridized carbons (Fsp3) is 0.667. The number of hydrogen-bond acceptors (Lipinski definition) is 7. The molecule has 3 rings (SSSR count). The Kier molecular flexibility index (Phi) is 6.44. The minimum atomic E-state index is -0.288. The number of rotatable bonds is 4. The number of nitrogens with zero attached hydrogens (tertiary/aromatic N) is 4. The van der Waals surface area contributed by atoms with E-state index < -0.39 is 0 Å². The van der Waals surface area contributed by atoms with Crippen LogP contribution in [0.25, 0.3) is 0 Å². The molecule has 0 unspecified atom stereocenters. The Morgan fingerprint density at radius 1 is 1.22 bits per heavy atom. The van der Waals surface area contributed by atoms with Crippen LogP contribution in [0.15, 0.2) is 6.07 Å². The van der Waals surface area contributed by atoms with Crippen LogP contribution in [0.3, 0.4) is 0 Å². The van der Waals surface area contributed by atoms with Gasteiger partial charge in [-0.1, -0.05) is 0 Å². The van der Waals surface area contributed by atoms with Crippen molar-refractivity contribution in [1.82, 2.24) is 20.2 Å². The molecule has 3 heterocycles. The van der Waals surface area contributed by atoms with Crippen LogP contribution in [0.2, 0.25) is 0 Å². The Labute approximate surface area is 159 Å². The van der Waals surface area contributed by atoms with E-state index in [1.165, 1.54) is 0 Å². The predicted molar refractivity (Wildman–Crippen MR) is 98.9 cm³/mol. The van der Waals surface area contributed by atoms with E-state index in [0.717, 1.165) is 18.8 Å². The van der Waals surface area contributed by atoms with Crippen molar-refractivity contribution in [2.45, 2.75) is 32.7 Å². The second-order valence-corrected chi connectivity index (χ2v) is 6.73. The Bertz CT molecular complexity index is 670. The standard InChI is InChI=1S/C18H27N5O4/c1-3-27-18(25)23-6-4-14(5-7-23)20-16(24)15-12-13(2)19-17(21-15)22-8-10-26-11-9-22/h12,14H,3-11H2,1-2H3,(H,20,24). The summed E-state index contributed by atoms with van der Waals surface area (Å²) in [5.41, 5.74) is 1.13. The average Bonchev–Trinajstić information content (AvgIpc) is 2.69. The number of morpholine rings is 1. The van der Waals surface area contributed by atoms with E-state index in [1.54, 1.807) is 17.9 Å². The zero-order valence-corrected chi connectivity index (χ0v) is 15.9. The summed E-state index contributed by atoms with van der Waals surface area (Å²) in [6.07, 6.45) is 1.11. The average molecular weight is 377 g/mol. The fourth-order valence-corrected chi connectivity index (χ4v) is 3.25. The van der Waals surface area contributed by atoms with Crippen molar-refractivity contribution < 1.29 is 19.1 Å². The molecule has 0 spiro atoms. The number of aryl methyl sites for hydroxylation is 1. The van der Waals surface area contributed by atoms with Crippen molar-refractivity contribution in [3.8, 4) is 0 Å². The maximum Gasteiger partial charge on any atom is 0.409 e. The topological polar surface area (TPSA) is 96.9 Å². The second kappa shape index (κ2) is 8.98. The molecule has 0 atom stereocenters. The lowest BCUT2D eigenvalue weighted by Crippen LogP contribution is -2.47. The molecule has 2 aliphatic rings. The summed E-state index contributed by atoms with van der Waals surface area (Å²) in [4.78, 5) is 37.0. The Morgan fingerprint density at radius 2 is 1.93 bits per heavy atom. The van der Waals surface area contributed by atoms with Crippen molar-refractivity contribution in [1.29, 1.82) is 0 Å². The van der Waals surface area contributed by atoms with E-state index in [1.807, 2.05) is 11.8 Å². The van der Waals surface area contributed by atoms with E-state index in [-0.39, 0.29) is 18.0 Å². The summed E-state index contributed by atoms with van der Waals surface area (Å²) in [6, 6.07) is 1.72. The first-order valence-corrected chi connectivity index (χ1v) is 9.47. The van der Waals surface area contributed by atoms with E-state index in [0.29, 0.717) is 57.4 Å². The van der Waals surface area contributed by atoms with Crippen LogP contribution < -0.4 is 10.2 Å². The van der Waals surface area contributed by atoms with Crippen LogP contribution in [0.1, 0.15) is 35.9 Å². The van der Waals surface area contributed by atoms with Crippen molar-refractivity contribution in [2.24, 2.45) is 0 Å². The summed E-state index contributed by atoms with van der Waals surface area (Å²) in [7, 11) is 0. The normalized spacial score (nSPS) is 18.3. The predicted octanol–water partition coefficient (Wildman–Crippen LogP) is 0.972. The first-order chi connectivity index (χ1) is 13.1. The summed E-state index contributed by atoms with van der Waals surface area (Å²) < 4.78 is 10.4. The first-order valence-electron chi connectivity index (χ1n) is 9.47. The molecule has 2 saturated heterocycles. The fourth-order valence-electron chi connectivity index (χ4n) is 3.25. The lowest BCUT2D eigenvalue weighted by atomic mass is 10.1. The smallest absolute Gasteiger partial charge is 0.409 e. The highest BCUT2D eigenvalue weighted by Crippen LogP contribution is 2.15. The minimum absolute atomic E-state index is 0.0188. The number of hydrogen-bond donors (Lipinski definition) is 1. The number of aromatic nitrogens is 2. The lowest BCUT2D eigenvalue weighted by Gasteiger charge is -2.31. The second-order valence-electron chi connectivity index (χ2n) is 6.73. The highest BCUT2D eigenvalue weighted by molar-refractivity contribution is 5.92. The molecule has 9 nitrogen and oxygen atoms in total. The van der Waals surface area contributed by atoms with Gasteiger partial charge in [-0.05, 0) is 32.8 Å². The first kappa shape index (κ1) is 19.3. The highest BCUT2D eigenvalue weighted by Gasteiger charge is 2.25. The molecule has 0 bridgehead atoms. The van der Waals surface area contributed by atoms with Crippen LogP contribution >= 0.6 is 0 Å². The summed E-state index contributed by atoms with van der Waals surface area (Å²) >= 11 is 0. The monoisotopic (exact) mass is 377 g/mol. The molecule has 2 fully saturated rings. The molecule has 1 aromatic rings. The quantitative estimate of drug-likeness (QED) is 0.835. The number of carbonyl (C=O) groups is 2. The molecule has 0 aliphatic carbocycles. The third-order valence-electron chi connectivity index (χ3n) is 4.73. The molecular weight excluding hydrogens is 350 g/mol. The Morgan fingerprint density at radius 3 is 2.59 bits per heavy atom. The molecule has 0 radical (unpaired) electrons. The SMILES string of the molecule is CCOC(=O)N1CCC(NC(=O)c2cc(C)nc(N3CCOCC3)n2)CC1. The molecular formula is C18H27N5O4. The van der Waals surface area contributed by atoms with E-state index in [4.69, 9.17) is 9.47 Å². The molecule has 2 aliphatic heterocycles. The van der Waals surface area contributed by atoms with Crippen LogP contribution in [0.5, 0.6) is 0 Å². The molecule has 0 aromatic carbocycles. The van der Waals surface area contributed by atoms with Crippen molar-refractivity contribution in [3.05, 3.63) is 17.5 Å². The summed E-state index contributed by atoms with van der Waals surface area (Å²) in [5.74, 6) is 0.366. The van der Waals surface area contributed by atoms with Gasteiger partial charge in [-0.15, -0.1) is 0 Å². The van der Waals surface area contributed by atoms with Gasteiger partial charge in [0.25, 0.3) is 5.91 Å². The van der Waals surface area contributed by atoms with Crippen LogP contribution in [-0.2, 0) is 9.47 Å². The third-order valence-corrected chi connectivity index (χ3v) is 4.73. The summed E-state index contributed by atoms with van der Waals surface area (Å²) in [5, 5.41) is 3.03. The van der Waals surface area contributed by atoms with Gasteiger partial charge in [0.1, 0.15) is 5.69 Å². The molecule has 1 aromatic heterocycles. The number of nitrogens with one attached hydrogen (secondary N) is 1. The molecule has 2 amide bonds. The molecule has 9 heteroatoms. The van der Waals surface area contributed by atoms with Gasteiger partial charge in [0.05, 0.1) is 19.8 Å². The van der Waals surface area contributed by atoms with Gasteiger partial charge in [0, 0.05) is 37.9 Å². The zero-order valence-electron chi connectivity index (χ0n) is 15.9. The highest BCUT2D eigenvalue weighted by atomic mass is 16.6. The number of likely N-dealkylation sites (tertiary alicyclic amines) is 1. The van der Waals surface area contributed by atoms with Gasteiger partial charge in [0.2, 0.25) is 5.95 Å². The largest absolute Gasteiger partial charge is 0.450 e. The van der Waals surface area contributed by atoms with Gasteiger partial charge in [-0.25, -0.2) is 14.8 Å². The van der Waals surface area contributed by atoms with Crippen molar-refractivity contribution >= 4 is 17.9 Å². The number of piperidine rings is 1. The zero-order chi connectivity index (χ0) is 19.2. The summed E-state index contributed by atoms with van der Waals surface area (Å²) in [6.45, 7) is 7.88. The van der Waals surface area contributed by atoms with Gasteiger partial charge in [-0.3, -0.25) is 4.79 Å².